The van der Waals surface area contributed by atoms with Crippen molar-refractivity contribution < 1.29 is 0 Å². The summed E-state index contributed by atoms with van der Waals surface area (Å²) in [5, 5.41) is 6.87. The van der Waals surface area contributed by atoms with Gasteiger partial charge in [-0.2, -0.15) is 0 Å². The molecule has 0 aliphatic carbocycles. The summed E-state index contributed by atoms with van der Waals surface area (Å²) in [5.74, 6) is 2.69. The van der Waals surface area contributed by atoms with Crippen LogP contribution >= 0.6 is 0 Å². The summed E-state index contributed by atoms with van der Waals surface area (Å²) in [6, 6.07) is 0.393. The quantitative estimate of drug-likeness (QED) is 0.766. The molecule has 0 saturated heterocycles. The second-order valence-electron chi connectivity index (χ2n) is 5.66. The average molecular weight is 279 g/mol. The molecule has 1 aromatic rings. The zero-order chi connectivity index (χ0) is 15.1. The molecule has 1 aromatic heterocycles. The first-order chi connectivity index (χ1) is 9.43. The van der Waals surface area contributed by atoms with Crippen LogP contribution in [0.4, 0.5) is 11.6 Å². The maximum absolute atomic E-state index is 4.53. The van der Waals surface area contributed by atoms with Crippen LogP contribution in [0.2, 0.25) is 0 Å². The number of nitrogens with one attached hydrogen (secondary N) is 2. The van der Waals surface area contributed by atoms with E-state index in [4.69, 9.17) is 0 Å². The number of anilines is 2. The average Bonchev–Trinajstić information content (AvgIpc) is 2.38. The molecule has 1 atom stereocenters. The summed E-state index contributed by atoms with van der Waals surface area (Å²) in [6.45, 7) is 10.4. The van der Waals surface area contributed by atoms with Gasteiger partial charge in [0.25, 0.3) is 0 Å². The Hall–Kier alpha value is -1.36. The van der Waals surface area contributed by atoms with Crippen LogP contribution in [0, 0.1) is 13.8 Å². The fourth-order valence-electron chi connectivity index (χ4n) is 1.94. The Labute approximate surface area is 123 Å². The van der Waals surface area contributed by atoms with Gasteiger partial charge in [0.15, 0.2) is 0 Å². The molecule has 2 N–H and O–H groups in total. The number of aromatic nitrogens is 2. The summed E-state index contributed by atoms with van der Waals surface area (Å²) < 4.78 is 0. The molecule has 0 aliphatic rings. The van der Waals surface area contributed by atoms with E-state index >= 15 is 0 Å². The third-order valence-electron chi connectivity index (χ3n) is 3.19. The van der Waals surface area contributed by atoms with Crippen LogP contribution in [-0.4, -0.2) is 48.1 Å². The van der Waals surface area contributed by atoms with E-state index in [0.717, 1.165) is 49.0 Å². The SMILES string of the molecule is CCCNc1nc(C)nc(NC(C)CCN(C)C)c1C. The van der Waals surface area contributed by atoms with E-state index in [1.807, 2.05) is 6.92 Å². The van der Waals surface area contributed by atoms with Crippen molar-refractivity contribution in [1.29, 1.82) is 0 Å². The van der Waals surface area contributed by atoms with Gasteiger partial charge in [-0.15, -0.1) is 0 Å². The van der Waals surface area contributed by atoms with E-state index in [0.29, 0.717) is 6.04 Å². The van der Waals surface area contributed by atoms with E-state index in [1.165, 1.54) is 0 Å². The molecule has 0 radical (unpaired) electrons. The molecule has 5 nitrogen and oxygen atoms in total. The van der Waals surface area contributed by atoms with E-state index in [-0.39, 0.29) is 0 Å². The third kappa shape index (κ3) is 5.33. The molecular weight excluding hydrogens is 250 g/mol. The Morgan fingerprint density at radius 2 is 1.80 bits per heavy atom. The minimum absolute atomic E-state index is 0.393. The topological polar surface area (TPSA) is 53.1 Å². The summed E-state index contributed by atoms with van der Waals surface area (Å²) in [4.78, 5) is 11.2. The van der Waals surface area contributed by atoms with Crippen molar-refractivity contribution in [3.63, 3.8) is 0 Å². The summed E-state index contributed by atoms with van der Waals surface area (Å²) in [7, 11) is 4.19. The predicted octanol–water partition coefficient (Wildman–Crippen LogP) is 2.67. The standard InChI is InChI=1S/C15H29N5/c1-7-9-16-14-12(3)15(19-13(4)18-14)17-11(2)8-10-20(5)6/h11H,7-10H2,1-6H3,(H2,16,17,18,19). The number of aryl methyl sites for hydroxylation is 1. The van der Waals surface area contributed by atoms with Crippen LogP contribution in [0.3, 0.4) is 0 Å². The Kier molecular flexibility index (Phi) is 6.71. The molecular formula is C15H29N5. The van der Waals surface area contributed by atoms with Crippen LogP contribution in [0.1, 0.15) is 38.1 Å². The fourth-order valence-corrected chi connectivity index (χ4v) is 1.94. The first-order valence-corrected chi connectivity index (χ1v) is 7.44. The van der Waals surface area contributed by atoms with E-state index in [1.54, 1.807) is 0 Å². The zero-order valence-electron chi connectivity index (χ0n) is 13.7. The van der Waals surface area contributed by atoms with Gasteiger partial charge in [-0.25, -0.2) is 9.97 Å². The maximum atomic E-state index is 4.53. The van der Waals surface area contributed by atoms with E-state index < -0.39 is 0 Å². The van der Waals surface area contributed by atoms with Gasteiger partial charge in [-0.1, -0.05) is 6.92 Å². The van der Waals surface area contributed by atoms with Crippen LogP contribution in [0.25, 0.3) is 0 Å². The summed E-state index contributed by atoms with van der Waals surface area (Å²) in [5.41, 5.74) is 1.10. The molecule has 0 bridgehead atoms. The zero-order valence-corrected chi connectivity index (χ0v) is 13.7. The lowest BCUT2D eigenvalue weighted by molar-refractivity contribution is 0.390. The normalized spacial score (nSPS) is 12.6. The van der Waals surface area contributed by atoms with Crippen molar-refractivity contribution in [2.45, 2.75) is 46.6 Å². The molecule has 0 spiro atoms. The largest absolute Gasteiger partial charge is 0.370 e. The highest BCUT2D eigenvalue weighted by molar-refractivity contribution is 5.57. The Morgan fingerprint density at radius 3 is 2.40 bits per heavy atom. The van der Waals surface area contributed by atoms with Crippen LogP contribution in [-0.2, 0) is 0 Å². The van der Waals surface area contributed by atoms with Crippen molar-refractivity contribution in [3.05, 3.63) is 11.4 Å². The van der Waals surface area contributed by atoms with Gasteiger partial charge in [0.05, 0.1) is 0 Å². The lowest BCUT2D eigenvalue weighted by atomic mass is 10.2. The maximum Gasteiger partial charge on any atom is 0.134 e. The number of rotatable bonds is 8. The van der Waals surface area contributed by atoms with Crippen molar-refractivity contribution in [2.75, 3.05) is 37.8 Å². The molecule has 0 aliphatic heterocycles. The lowest BCUT2D eigenvalue weighted by Gasteiger charge is -2.20. The Morgan fingerprint density at radius 1 is 1.15 bits per heavy atom. The smallest absolute Gasteiger partial charge is 0.134 e. The predicted molar refractivity (Wildman–Crippen MR) is 86.5 cm³/mol. The highest BCUT2D eigenvalue weighted by Crippen LogP contribution is 2.20. The van der Waals surface area contributed by atoms with E-state index in [2.05, 4.69) is 60.4 Å². The molecule has 114 valence electrons. The second kappa shape index (κ2) is 8.04. The van der Waals surface area contributed by atoms with Gasteiger partial charge < -0.3 is 15.5 Å². The van der Waals surface area contributed by atoms with Gasteiger partial charge in [0.2, 0.25) is 0 Å². The number of hydrogen-bond acceptors (Lipinski definition) is 5. The van der Waals surface area contributed by atoms with Gasteiger partial charge in [-0.3, -0.25) is 0 Å². The minimum Gasteiger partial charge on any atom is -0.370 e. The monoisotopic (exact) mass is 279 g/mol. The van der Waals surface area contributed by atoms with Gasteiger partial charge in [0.1, 0.15) is 17.5 Å². The molecule has 1 unspecified atom stereocenters. The molecule has 0 saturated carbocycles. The van der Waals surface area contributed by atoms with Crippen LogP contribution in [0.15, 0.2) is 0 Å². The second-order valence-corrected chi connectivity index (χ2v) is 5.66. The van der Waals surface area contributed by atoms with Crippen molar-refractivity contribution in [2.24, 2.45) is 0 Å². The van der Waals surface area contributed by atoms with Gasteiger partial charge in [-0.05, 0) is 54.3 Å². The highest BCUT2D eigenvalue weighted by Gasteiger charge is 2.11. The summed E-state index contributed by atoms with van der Waals surface area (Å²) >= 11 is 0. The van der Waals surface area contributed by atoms with Crippen molar-refractivity contribution >= 4 is 11.6 Å². The molecule has 20 heavy (non-hydrogen) atoms. The van der Waals surface area contributed by atoms with E-state index in [9.17, 15) is 0 Å². The van der Waals surface area contributed by atoms with Gasteiger partial charge >= 0.3 is 0 Å². The molecule has 5 heteroatoms. The molecule has 0 fully saturated rings. The fraction of sp³-hybridized carbons (Fsp3) is 0.733. The van der Waals surface area contributed by atoms with Crippen LogP contribution < -0.4 is 10.6 Å². The van der Waals surface area contributed by atoms with Crippen LogP contribution in [0.5, 0.6) is 0 Å². The molecule has 1 rings (SSSR count). The Balaban J connectivity index is 2.75. The lowest BCUT2D eigenvalue weighted by Crippen LogP contribution is -2.24. The molecule has 0 aromatic carbocycles. The number of nitrogens with zero attached hydrogens (tertiary/aromatic N) is 3. The van der Waals surface area contributed by atoms with Crippen molar-refractivity contribution in [1.82, 2.24) is 14.9 Å². The highest BCUT2D eigenvalue weighted by atomic mass is 15.1. The minimum atomic E-state index is 0.393. The van der Waals surface area contributed by atoms with Gasteiger partial charge in [0, 0.05) is 18.2 Å². The summed E-state index contributed by atoms with van der Waals surface area (Å²) in [6.07, 6.45) is 2.18. The first kappa shape index (κ1) is 16.7. The Bertz CT molecular complexity index is 417. The number of hydrogen-bond donors (Lipinski definition) is 2. The van der Waals surface area contributed by atoms with Crippen molar-refractivity contribution in [3.8, 4) is 0 Å². The first-order valence-electron chi connectivity index (χ1n) is 7.44. The molecule has 1 heterocycles. The molecule has 0 amide bonds. The third-order valence-corrected chi connectivity index (χ3v) is 3.19.